The molecule has 0 aliphatic heterocycles. The van der Waals surface area contributed by atoms with Crippen LogP contribution in [0.1, 0.15) is 18.1 Å². The summed E-state index contributed by atoms with van der Waals surface area (Å²) in [6.45, 7) is 0.503. The van der Waals surface area contributed by atoms with Gasteiger partial charge < -0.3 is 10.2 Å². The van der Waals surface area contributed by atoms with E-state index in [1.54, 1.807) is 36.4 Å². The Morgan fingerprint density at radius 2 is 1.55 bits per heavy atom. The molecule has 12 heteroatoms. The third-order valence-corrected chi connectivity index (χ3v) is 7.86. The molecule has 0 spiro atoms. The Hall–Kier alpha value is -3.57. The fourth-order valence-electron chi connectivity index (χ4n) is 3.68. The number of nitrogens with zero attached hydrogens (tertiary/aromatic N) is 2. The van der Waals surface area contributed by atoms with E-state index >= 15 is 0 Å². The summed E-state index contributed by atoms with van der Waals surface area (Å²) in [6, 6.07) is 16.8. The van der Waals surface area contributed by atoms with E-state index < -0.39 is 51.9 Å². The predicted octanol–water partition coefficient (Wildman–Crippen LogP) is 4.72. The number of sulfonamides is 1. The summed E-state index contributed by atoms with van der Waals surface area (Å²) in [6.07, 6.45) is -4.79. The van der Waals surface area contributed by atoms with Gasteiger partial charge in [0.1, 0.15) is 12.6 Å². The van der Waals surface area contributed by atoms with Crippen LogP contribution in [-0.4, -0.2) is 44.8 Å². The molecule has 1 atom stereocenters. The molecule has 0 fully saturated rings. The second-order valence-electron chi connectivity index (χ2n) is 8.29. The van der Waals surface area contributed by atoms with E-state index in [0.29, 0.717) is 15.9 Å². The largest absolute Gasteiger partial charge is 0.416 e. The van der Waals surface area contributed by atoms with Crippen LogP contribution in [0.5, 0.6) is 0 Å². The quantitative estimate of drug-likeness (QED) is 0.405. The van der Waals surface area contributed by atoms with Crippen LogP contribution in [0.15, 0.2) is 83.8 Å². The number of benzene rings is 3. The maximum Gasteiger partial charge on any atom is 0.416 e. The molecule has 0 aliphatic rings. The number of anilines is 1. The normalized spacial score (nSPS) is 12.5. The van der Waals surface area contributed by atoms with Crippen molar-refractivity contribution in [2.75, 3.05) is 17.9 Å². The number of rotatable bonds is 9. The van der Waals surface area contributed by atoms with Crippen molar-refractivity contribution in [3.63, 3.8) is 0 Å². The zero-order valence-electron chi connectivity index (χ0n) is 20.4. The average Bonchev–Trinajstić information content (AvgIpc) is 2.90. The van der Waals surface area contributed by atoms with Crippen molar-refractivity contribution in [1.29, 1.82) is 0 Å². The standard InChI is InChI=1S/C26H25ClF3N3O4S/c1-18(25(35)31-2)32(16-19-9-5-3-6-10-19)24(34)17-33(38(36,37)21-11-7-4-8-12-21)23-15-20(26(28,29)30)13-14-22(23)27/h3-15,18H,16-17H2,1-2H3,(H,31,35)/t18-/m0/s1. The highest BCUT2D eigenvalue weighted by Crippen LogP contribution is 2.37. The molecule has 0 saturated carbocycles. The van der Waals surface area contributed by atoms with Crippen molar-refractivity contribution in [1.82, 2.24) is 10.2 Å². The Bertz CT molecular complexity index is 1390. The van der Waals surface area contributed by atoms with E-state index in [1.165, 1.54) is 38.2 Å². The number of amides is 2. The number of likely N-dealkylation sites (N-methyl/N-ethyl adjacent to an activating group) is 1. The van der Waals surface area contributed by atoms with Gasteiger partial charge in [0.15, 0.2) is 0 Å². The van der Waals surface area contributed by atoms with Crippen molar-refractivity contribution in [3.8, 4) is 0 Å². The lowest BCUT2D eigenvalue weighted by atomic mass is 10.1. The number of hydrogen-bond donors (Lipinski definition) is 1. The van der Waals surface area contributed by atoms with Gasteiger partial charge in [0.25, 0.3) is 10.0 Å². The summed E-state index contributed by atoms with van der Waals surface area (Å²) in [5.41, 5.74) is -1.00. The summed E-state index contributed by atoms with van der Waals surface area (Å²) in [5, 5.41) is 2.14. The Kier molecular flexibility index (Phi) is 9.05. The Morgan fingerprint density at radius 1 is 0.974 bits per heavy atom. The van der Waals surface area contributed by atoms with Crippen LogP contribution in [-0.2, 0) is 32.3 Å². The SMILES string of the molecule is CNC(=O)[C@H](C)N(Cc1ccccc1)C(=O)CN(c1cc(C(F)(F)F)ccc1Cl)S(=O)(=O)c1ccccc1. The molecule has 3 rings (SSSR count). The van der Waals surface area contributed by atoms with Gasteiger partial charge in [-0.3, -0.25) is 13.9 Å². The van der Waals surface area contributed by atoms with E-state index in [-0.39, 0.29) is 16.5 Å². The zero-order chi connectivity index (χ0) is 28.1. The molecule has 0 aromatic heterocycles. The molecule has 0 saturated heterocycles. The van der Waals surface area contributed by atoms with E-state index in [9.17, 15) is 31.2 Å². The highest BCUT2D eigenvalue weighted by atomic mass is 35.5. The molecule has 202 valence electrons. The number of halogens is 4. The van der Waals surface area contributed by atoms with Gasteiger partial charge in [0.05, 0.1) is 21.2 Å². The van der Waals surface area contributed by atoms with E-state index in [4.69, 9.17) is 11.6 Å². The van der Waals surface area contributed by atoms with Crippen LogP contribution in [0, 0.1) is 0 Å². The maximum absolute atomic E-state index is 13.7. The van der Waals surface area contributed by atoms with Crippen LogP contribution in [0.4, 0.5) is 18.9 Å². The first-order chi connectivity index (χ1) is 17.9. The van der Waals surface area contributed by atoms with Crippen molar-refractivity contribution in [2.45, 2.75) is 30.6 Å². The van der Waals surface area contributed by atoms with E-state index in [2.05, 4.69) is 5.32 Å². The minimum atomic E-state index is -4.79. The highest BCUT2D eigenvalue weighted by Gasteiger charge is 2.36. The lowest BCUT2D eigenvalue weighted by Crippen LogP contribution is -2.50. The van der Waals surface area contributed by atoms with Gasteiger partial charge >= 0.3 is 6.18 Å². The maximum atomic E-state index is 13.7. The number of carbonyl (C=O) groups excluding carboxylic acids is 2. The smallest absolute Gasteiger partial charge is 0.357 e. The summed E-state index contributed by atoms with van der Waals surface area (Å²) in [4.78, 5) is 27.0. The number of hydrogen-bond acceptors (Lipinski definition) is 4. The second-order valence-corrected chi connectivity index (χ2v) is 10.6. The Balaban J connectivity index is 2.12. The molecule has 0 radical (unpaired) electrons. The third kappa shape index (κ3) is 6.65. The van der Waals surface area contributed by atoms with Gasteiger partial charge in [-0.15, -0.1) is 0 Å². The molecule has 2 amide bonds. The minimum absolute atomic E-state index is 0.0518. The molecular weight excluding hydrogens is 543 g/mol. The van der Waals surface area contributed by atoms with Gasteiger partial charge in [-0.2, -0.15) is 13.2 Å². The molecule has 7 nitrogen and oxygen atoms in total. The summed E-state index contributed by atoms with van der Waals surface area (Å²) in [5.74, 6) is -1.33. The van der Waals surface area contributed by atoms with Crippen LogP contribution >= 0.6 is 11.6 Å². The van der Waals surface area contributed by atoms with Crippen LogP contribution in [0.25, 0.3) is 0 Å². The summed E-state index contributed by atoms with van der Waals surface area (Å²) in [7, 11) is -3.17. The summed E-state index contributed by atoms with van der Waals surface area (Å²) < 4.78 is 68.4. The van der Waals surface area contributed by atoms with Crippen molar-refractivity contribution < 1.29 is 31.2 Å². The van der Waals surface area contributed by atoms with Crippen molar-refractivity contribution in [2.24, 2.45) is 0 Å². The number of alkyl halides is 3. The minimum Gasteiger partial charge on any atom is -0.357 e. The van der Waals surface area contributed by atoms with E-state index in [1.807, 2.05) is 0 Å². The Morgan fingerprint density at radius 3 is 2.11 bits per heavy atom. The molecule has 38 heavy (non-hydrogen) atoms. The van der Waals surface area contributed by atoms with Gasteiger partial charge in [-0.1, -0.05) is 60.1 Å². The zero-order valence-corrected chi connectivity index (χ0v) is 22.0. The Labute approximate surface area is 223 Å². The van der Waals surface area contributed by atoms with E-state index in [0.717, 1.165) is 17.0 Å². The fraction of sp³-hybridized carbons (Fsp3) is 0.231. The van der Waals surface area contributed by atoms with Gasteiger partial charge in [-0.25, -0.2) is 8.42 Å². The second kappa shape index (κ2) is 11.9. The molecular formula is C26H25ClF3N3O4S. The van der Waals surface area contributed by atoms with Gasteiger partial charge in [0.2, 0.25) is 11.8 Å². The van der Waals surface area contributed by atoms with Crippen LogP contribution < -0.4 is 9.62 Å². The third-order valence-electron chi connectivity index (χ3n) is 5.76. The highest BCUT2D eigenvalue weighted by molar-refractivity contribution is 7.92. The molecule has 3 aromatic carbocycles. The molecule has 0 unspecified atom stereocenters. The monoisotopic (exact) mass is 567 g/mol. The lowest BCUT2D eigenvalue weighted by molar-refractivity contribution is -0.139. The molecule has 0 aliphatic carbocycles. The average molecular weight is 568 g/mol. The topological polar surface area (TPSA) is 86.8 Å². The molecule has 0 heterocycles. The van der Waals surface area contributed by atoms with Crippen LogP contribution in [0.3, 0.4) is 0 Å². The van der Waals surface area contributed by atoms with Crippen molar-refractivity contribution in [3.05, 3.63) is 95.0 Å². The molecule has 3 aromatic rings. The lowest BCUT2D eigenvalue weighted by Gasteiger charge is -2.32. The van der Waals surface area contributed by atoms with Gasteiger partial charge in [-0.05, 0) is 42.8 Å². The molecule has 0 bridgehead atoms. The van der Waals surface area contributed by atoms with Gasteiger partial charge in [0, 0.05) is 13.6 Å². The number of carbonyl (C=O) groups is 2. The van der Waals surface area contributed by atoms with Crippen LogP contribution in [0.2, 0.25) is 5.02 Å². The van der Waals surface area contributed by atoms with Crippen molar-refractivity contribution >= 4 is 39.1 Å². The first-order valence-electron chi connectivity index (χ1n) is 11.4. The number of nitrogens with one attached hydrogen (secondary N) is 1. The fourth-order valence-corrected chi connectivity index (χ4v) is 5.40. The molecule has 1 N–H and O–H groups in total. The first-order valence-corrected chi connectivity index (χ1v) is 13.2. The summed E-state index contributed by atoms with van der Waals surface area (Å²) >= 11 is 6.20. The predicted molar refractivity (Wildman–Crippen MR) is 138 cm³/mol. The first kappa shape index (κ1) is 29.0.